The first kappa shape index (κ1) is 25.5. The number of rotatable bonds is 6. The van der Waals surface area contributed by atoms with Crippen molar-refractivity contribution in [1.82, 2.24) is 0 Å². The summed E-state index contributed by atoms with van der Waals surface area (Å²) in [6.45, 7) is 13.2. The maximum Gasteiger partial charge on any atom is 0.302 e. The van der Waals surface area contributed by atoms with Crippen LogP contribution in [0.4, 0.5) is 4.39 Å². The summed E-state index contributed by atoms with van der Waals surface area (Å²) in [6, 6.07) is 0. The maximum atomic E-state index is 15.9. The monoisotopic (exact) mass is 464 g/mol. The van der Waals surface area contributed by atoms with E-state index in [0.717, 1.165) is 37.0 Å². The average Bonchev–Trinajstić information content (AvgIpc) is 3.07. The molecule has 4 rings (SSSR count). The Hall–Kier alpha value is -0.640. The first-order valence-electron chi connectivity index (χ1n) is 14.0. The van der Waals surface area contributed by atoms with Crippen LogP contribution in [0.2, 0.25) is 0 Å². The number of carbonyl (C=O) groups is 1. The number of ether oxygens (including phenoxy) is 1. The van der Waals surface area contributed by atoms with Crippen molar-refractivity contribution in [2.75, 3.05) is 0 Å². The van der Waals surface area contributed by atoms with E-state index in [4.69, 9.17) is 4.74 Å². The van der Waals surface area contributed by atoms with Crippen molar-refractivity contribution < 1.29 is 19.0 Å². The normalized spacial score (nSPS) is 48.0. The van der Waals surface area contributed by atoms with Crippen LogP contribution in [0.15, 0.2) is 0 Å². The van der Waals surface area contributed by atoms with E-state index >= 15 is 4.39 Å². The number of carbonyl (C=O) groups excluding carboxylic acids is 1. The molecule has 0 saturated heterocycles. The minimum atomic E-state index is -1.37. The molecule has 3 nitrogen and oxygen atoms in total. The van der Waals surface area contributed by atoms with Crippen LogP contribution in [-0.2, 0) is 9.53 Å². The van der Waals surface area contributed by atoms with Crippen LogP contribution in [-0.4, -0.2) is 29.0 Å². The van der Waals surface area contributed by atoms with Gasteiger partial charge in [0.25, 0.3) is 0 Å². The van der Waals surface area contributed by atoms with Gasteiger partial charge in [0.2, 0.25) is 0 Å². The molecule has 4 heteroatoms. The van der Waals surface area contributed by atoms with Crippen LogP contribution >= 0.6 is 0 Å². The third-order valence-electron chi connectivity index (χ3n) is 11.3. The smallest absolute Gasteiger partial charge is 0.302 e. The van der Waals surface area contributed by atoms with Crippen LogP contribution in [0.1, 0.15) is 112 Å². The molecule has 4 aliphatic carbocycles. The molecule has 0 heterocycles. The molecule has 0 aromatic carbocycles. The fraction of sp³-hybridized carbons (Fsp3) is 0.966. The Labute approximate surface area is 201 Å². The van der Waals surface area contributed by atoms with E-state index in [1.165, 1.54) is 45.4 Å². The predicted octanol–water partition coefficient (Wildman–Crippen LogP) is 7.10. The largest absolute Gasteiger partial charge is 0.462 e. The van der Waals surface area contributed by atoms with E-state index in [-0.39, 0.29) is 18.5 Å². The number of alkyl halides is 1. The first-order valence-corrected chi connectivity index (χ1v) is 14.0. The van der Waals surface area contributed by atoms with Crippen molar-refractivity contribution in [2.45, 2.75) is 130 Å². The lowest BCUT2D eigenvalue weighted by atomic mass is 9.42. The second kappa shape index (κ2) is 9.10. The molecular formula is C29H49FO3. The summed E-state index contributed by atoms with van der Waals surface area (Å²) in [5.41, 5.74) is -1.48. The lowest BCUT2D eigenvalue weighted by molar-refractivity contribution is -0.252. The highest BCUT2D eigenvalue weighted by atomic mass is 19.1. The molecule has 0 spiro atoms. The zero-order chi connectivity index (χ0) is 24.2. The van der Waals surface area contributed by atoms with Gasteiger partial charge in [-0.2, -0.15) is 0 Å². The Morgan fingerprint density at radius 1 is 1.06 bits per heavy atom. The summed E-state index contributed by atoms with van der Waals surface area (Å²) in [6.07, 6.45) is 9.45. The minimum absolute atomic E-state index is 0.255. The van der Waals surface area contributed by atoms with Crippen LogP contribution in [0.3, 0.4) is 0 Å². The zero-order valence-electron chi connectivity index (χ0n) is 22.0. The van der Waals surface area contributed by atoms with Gasteiger partial charge in [-0.25, -0.2) is 4.39 Å². The summed E-state index contributed by atoms with van der Waals surface area (Å²) in [7, 11) is 0. The number of aliphatic hydroxyl groups is 1. The summed E-state index contributed by atoms with van der Waals surface area (Å²) >= 11 is 0. The van der Waals surface area contributed by atoms with Crippen LogP contribution in [0.5, 0.6) is 0 Å². The molecule has 0 bridgehead atoms. The van der Waals surface area contributed by atoms with Gasteiger partial charge in [-0.05, 0) is 85.9 Å². The quantitative estimate of drug-likeness (QED) is 0.426. The van der Waals surface area contributed by atoms with Crippen molar-refractivity contribution in [1.29, 1.82) is 0 Å². The number of fused-ring (bicyclic) bond motifs is 5. The Balaban J connectivity index is 1.51. The molecule has 190 valence electrons. The van der Waals surface area contributed by atoms with Gasteiger partial charge in [-0.15, -0.1) is 0 Å². The number of halogens is 1. The molecule has 4 saturated carbocycles. The predicted molar refractivity (Wildman–Crippen MR) is 130 cm³/mol. The number of hydrogen-bond acceptors (Lipinski definition) is 3. The third kappa shape index (κ3) is 4.19. The Morgan fingerprint density at radius 3 is 2.45 bits per heavy atom. The fourth-order valence-electron chi connectivity index (χ4n) is 9.55. The van der Waals surface area contributed by atoms with Gasteiger partial charge in [-0.3, -0.25) is 4.79 Å². The summed E-state index contributed by atoms with van der Waals surface area (Å²) < 4.78 is 21.4. The molecule has 0 amide bonds. The van der Waals surface area contributed by atoms with Crippen molar-refractivity contribution in [3.05, 3.63) is 0 Å². The summed E-state index contributed by atoms with van der Waals surface area (Å²) in [5, 5.41) is 11.8. The van der Waals surface area contributed by atoms with Crippen molar-refractivity contribution in [2.24, 2.45) is 46.3 Å². The topological polar surface area (TPSA) is 46.5 Å². The Bertz CT molecular complexity index is 724. The third-order valence-corrected chi connectivity index (χ3v) is 11.3. The molecule has 0 aromatic heterocycles. The van der Waals surface area contributed by atoms with Crippen molar-refractivity contribution >= 4 is 5.97 Å². The molecule has 0 aromatic rings. The molecule has 4 aliphatic rings. The van der Waals surface area contributed by atoms with E-state index < -0.39 is 17.2 Å². The van der Waals surface area contributed by atoms with Gasteiger partial charge in [0.1, 0.15) is 17.9 Å². The highest BCUT2D eigenvalue weighted by Crippen LogP contribution is 2.69. The van der Waals surface area contributed by atoms with E-state index in [9.17, 15) is 9.90 Å². The standard InChI is InChI=1S/C29H49FO3/c1-18(2)8-7-9-19(3)23-10-11-24-22-16-26(30)29(32)17-21(33-20(4)31)12-15-28(29,6)25(22)13-14-27(23,24)5/h18-19,21-26,32H,7-17H2,1-6H3/t19-,21+,22+,23-,24+,25+,26-,27-,28-,29+/m1/s1. The summed E-state index contributed by atoms with van der Waals surface area (Å²) in [4.78, 5) is 11.5. The molecule has 1 N–H and O–H groups in total. The Morgan fingerprint density at radius 2 is 1.79 bits per heavy atom. The van der Waals surface area contributed by atoms with Crippen molar-refractivity contribution in [3.63, 3.8) is 0 Å². The van der Waals surface area contributed by atoms with Gasteiger partial charge < -0.3 is 9.84 Å². The van der Waals surface area contributed by atoms with Gasteiger partial charge in [-0.1, -0.05) is 53.9 Å². The molecule has 4 fully saturated rings. The molecule has 0 unspecified atom stereocenters. The molecular weight excluding hydrogens is 415 g/mol. The lowest BCUT2D eigenvalue weighted by Crippen LogP contribution is -2.67. The summed E-state index contributed by atoms with van der Waals surface area (Å²) in [5.74, 6) is 3.28. The first-order chi connectivity index (χ1) is 15.4. The average molecular weight is 465 g/mol. The van der Waals surface area contributed by atoms with Crippen LogP contribution in [0, 0.1) is 46.3 Å². The number of hydrogen-bond donors (Lipinski definition) is 1. The zero-order valence-corrected chi connectivity index (χ0v) is 22.0. The van der Waals surface area contributed by atoms with E-state index in [0.29, 0.717) is 29.6 Å². The van der Waals surface area contributed by atoms with Crippen molar-refractivity contribution in [3.8, 4) is 0 Å². The molecule has 10 atom stereocenters. The highest BCUT2D eigenvalue weighted by molar-refractivity contribution is 5.66. The minimum Gasteiger partial charge on any atom is -0.462 e. The van der Waals surface area contributed by atoms with Crippen LogP contribution in [0.25, 0.3) is 0 Å². The van der Waals surface area contributed by atoms with Crippen LogP contribution < -0.4 is 0 Å². The second-order valence-electron chi connectivity index (χ2n) is 13.4. The molecule has 0 aliphatic heterocycles. The van der Waals surface area contributed by atoms with E-state index in [2.05, 4.69) is 34.6 Å². The van der Waals surface area contributed by atoms with Gasteiger partial charge in [0.15, 0.2) is 0 Å². The SMILES string of the molecule is CC(=O)O[C@H]1CC[C@]2(C)[C@H]3CC[C@]4(C)[C@@H]([C@H](C)CCCC(C)C)CC[C@H]4[C@@H]3C[C@@H](F)[C@@]2(O)C1. The van der Waals surface area contributed by atoms with Gasteiger partial charge in [0.05, 0.1) is 0 Å². The van der Waals surface area contributed by atoms with Gasteiger partial charge >= 0.3 is 5.97 Å². The molecule has 0 radical (unpaired) electrons. The van der Waals surface area contributed by atoms with Gasteiger partial charge in [0, 0.05) is 18.8 Å². The van der Waals surface area contributed by atoms with E-state index in [1.807, 2.05) is 0 Å². The maximum absolute atomic E-state index is 15.9. The van der Waals surface area contributed by atoms with E-state index in [1.54, 1.807) is 0 Å². The highest BCUT2D eigenvalue weighted by Gasteiger charge is 2.68. The number of esters is 1. The second-order valence-corrected chi connectivity index (χ2v) is 13.4. The molecule has 33 heavy (non-hydrogen) atoms. The Kier molecular flexibility index (Phi) is 7.02. The fourth-order valence-corrected chi connectivity index (χ4v) is 9.55. The lowest BCUT2D eigenvalue weighted by Gasteiger charge is -2.65.